The fourth-order valence-electron chi connectivity index (χ4n) is 5.13. The van der Waals surface area contributed by atoms with Crippen LogP contribution < -0.4 is 9.47 Å². The maximum atomic E-state index is 12.5. The SMILES string of the molecule is CCCCCCCCCC(Oc1ccc(Sc2ccc(OC(CCCCCCCCC)C(=O)OCC)cc2)cc1)C(=O)OCC. The molecule has 0 saturated heterocycles. The van der Waals surface area contributed by atoms with Gasteiger partial charge in [-0.05, 0) is 88.1 Å². The van der Waals surface area contributed by atoms with Gasteiger partial charge in [-0.2, -0.15) is 0 Å². The van der Waals surface area contributed by atoms with E-state index in [1.54, 1.807) is 11.8 Å². The summed E-state index contributed by atoms with van der Waals surface area (Å²) in [6.07, 6.45) is 16.8. The van der Waals surface area contributed by atoms with Gasteiger partial charge in [-0.25, -0.2) is 9.59 Å². The summed E-state index contributed by atoms with van der Waals surface area (Å²) in [5.41, 5.74) is 0. The third-order valence-electron chi connectivity index (χ3n) is 7.68. The second-order valence-electron chi connectivity index (χ2n) is 11.6. The standard InChI is InChI=1S/C38H58O6S/c1-5-9-11-13-15-17-19-21-35(37(39)41-7-3)43-31-23-27-33(28-24-31)45-34-29-25-32(26-30-34)44-36(38(40)42-8-4)22-20-18-16-14-12-10-6-2/h23-30,35-36H,5-22H2,1-4H3. The molecule has 2 rings (SSSR count). The van der Waals surface area contributed by atoms with Crippen LogP contribution in [0, 0.1) is 0 Å². The molecule has 252 valence electrons. The Kier molecular flexibility index (Phi) is 21.0. The van der Waals surface area contributed by atoms with Crippen molar-refractivity contribution in [1.29, 1.82) is 0 Å². The molecule has 0 fully saturated rings. The normalized spacial score (nSPS) is 12.4. The van der Waals surface area contributed by atoms with Crippen molar-refractivity contribution in [2.75, 3.05) is 13.2 Å². The Labute approximate surface area is 277 Å². The van der Waals surface area contributed by atoms with Gasteiger partial charge in [0.15, 0.2) is 12.2 Å². The molecule has 2 unspecified atom stereocenters. The second-order valence-corrected chi connectivity index (χ2v) is 12.7. The molecule has 0 radical (unpaired) electrons. The minimum absolute atomic E-state index is 0.295. The van der Waals surface area contributed by atoms with Crippen LogP contribution in [0.15, 0.2) is 58.3 Å². The smallest absolute Gasteiger partial charge is 0.347 e. The van der Waals surface area contributed by atoms with Crippen LogP contribution in [-0.2, 0) is 19.1 Å². The third-order valence-corrected chi connectivity index (χ3v) is 8.69. The molecular weight excluding hydrogens is 584 g/mol. The lowest BCUT2D eigenvalue weighted by Crippen LogP contribution is -2.29. The summed E-state index contributed by atoms with van der Waals surface area (Å²) in [5.74, 6) is 0.735. The highest BCUT2D eigenvalue weighted by Gasteiger charge is 2.22. The number of benzene rings is 2. The van der Waals surface area contributed by atoms with Crippen molar-refractivity contribution >= 4 is 23.7 Å². The molecule has 2 atom stereocenters. The van der Waals surface area contributed by atoms with Gasteiger partial charge < -0.3 is 18.9 Å². The fraction of sp³-hybridized carbons (Fsp3) is 0.632. The first-order valence-electron chi connectivity index (χ1n) is 17.5. The van der Waals surface area contributed by atoms with E-state index in [0.29, 0.717) is 37.6 Å². The van der Waals surface area contributed by atoms with Gasteiger partial charge in [0.2, 0.25) is 0 Å². The van der Waals surface area contributed by atoms with Gasteiger partial charge in [0, 0.05) is 9.79 Å². The summed E-state index contributed by atoms with van der Waals surface area (Å²) in [6.45, 7) is 8.79. The van der Waals surface area contributed by atoms with E-state index < -0.39 is 12.2 Å². The lowest BCUT2D eigenvalue weighted by atomic mass is 10.1. The van der Waals surface area contributed by atoms with E-state index in [4.69, 9.17) is 18.9 Å². The maximum Gasteiger partial charge on any atom is 0.347 e. The Bertz CT molecular complexity index is 956. The van der Waals surface area contributed by atoms with E-state index in [0.717, 1.165) is 35.5 Å². The van der Waals surface area contributed by atoms with Crippen molar-refractivity contribution in [2.24, 2.45) is 0 Å². The molecule has 45 heavy (non-hydrogen) atoms. The van der Waals surface area contributed by atoms with Gasteiger partial charge in [0.25, 0.3) is 0 Å². The molecule has 2 aromatic rings. The van der Waals surface area contributed by atoms with Crippen molar-refractivity contribution < 1.29 is 28.5 Å². The number of carbonyl (C=O) groups excluding carboxylic acids is 2. The molecule has 0 heterocycles. The first-order chi connectivity index (χ1) is 22.0. The van der Waals surface area contributed by atoms with Gasteiger partial charge in [0.05, 0.1) is 13.2 Å². The Morgan fingerprint density at radius 3 is 1.18 bits per heavy atom. The Hall–Kier alpha value is -2.67. The molecule has 0 aromatic heterocycles. The first-order valence-corrected chi connectivity index (χ1v) is 18.4. The van der Waals surface area contributed by atoms with Crippen molar-refractivity contribution in [3.63, 3.8) is 0 Å². The minimum atomic E-state index is -0.587. The monoisotopic (exact) mass is 642 g/mol. The zero-order valence-electron chi connectivity index (χ0n) is 28.4. The molecule has 0 bridgehead atoms. The summed E-state index contributed by atoms with van der Waals surface area (Å²) in [6, 6.07) is 15.6. The zero-order valence-corrected chi connectivity index (χ0v) is 29.2. The van der Waals surface area contributed by atoms with Gasteiger partial charge in [-0.15, -0.1) is 0 Å². The largest absolute Gasteiger partial charge is 0.479 e. The zero-order chi connectivity index (χ0) is 32.5. The van der Waals surface area contributed by atoms with E-state index in [1.807, 2.05) is 62.4 Å². The Balaban J connectivity index is 1.87. The quantitative estimate of drug-likeness (QED) is 0.0747. The van der Waals surface area contributed by atoms with E-state index in [-0.39, 0.29) is 11.9 Å². The van der Waals surface area contributed by atoms with E-state index in [1.165, 1.54) is 64.2 Å². The van der Waals surface area contributed by atoms with Crippen molar-refractivity contribution in [3.8, 4) is 11.5 Å². The highest BCUT2D eigenvalue weighted by atomic mass is 32.2. The Morgan fingerprint density at radius 2 is 0.844 bits per heavy atom. The lowest BCUT2D eigenvalue weighted by molar-refractivity contribution is -0.152. The van der Waals surface area contributed by atoms with Crippen molar-refractivity contribution in [1.82, 2.24) is 0 Å². The van der Waals surface area contributed by atoms with Crippen molar-refractivity contribution in [3.05, 3.63) is 48.5 Å². The summed E-state index contributed by atoms with van der Waals surface area (Å²) < 4.78 is 22.7. The average molecular weight is 643 g/mol. The van der Waals surface area contributed by atoms with E-state index in [2.05, 4.69) is 13.8 Å². The molecule has 0 N–H and O–H groups in total. The molecule has 0 spiro atoms. The van der Waals surface area contributed by atoms with Crippen LogP contribution in [0.1, 0.15) is 130 Å². The summed E-state index contributed by atoms with van der Waals surface area (Å²) in [5, 5.41) is 0. The predicted octanol–water partition coefficient (Wildman–Crippen LogP) is 10.7. The number of rotatable bonds is 26. The molecule has 0 amide bonds. The highest BCUT2D eigenvalue weighted by molar-refractivity contribution is 7.99. The molecule has 6 nitrogen and oxygen atoms in total. The van der Waals surface area contributed by atoms with Crippen LogP contribution in [-0.4, -0.2) is 37.4 Å². The summed E-state index contributed by atoms with van der Waals surface area (Å²) in [4.78, 5) is 27.2. The minimum Gasteiger partial charge on any atom is -0.479 e. The van der Waals surface area contributed by atoms with Crippen LogP contribution in [0.5, 0.6) is 11.5 Å². The Morgan fingerprint density at radius 1 is 0.511 bits per heavy atom. The van der Waals surface area contributed by atoms with Gasteiger partial charge in [0.1, 0.15) is 11.5 Å². The number of esters is 2. The average Bonchev–Trinajstić information content (AvgIpc) is 3.04. The predicted molar refractivity (Wildman–Crippen MR) is 184 cm³/mol. The van der Waals surface area contributed by atoms with E-state index in [9.17, 15) is 9.59 Å². The highest BCUT2D eigenvalue weighted by Crippen LogP contribution is 2.31. The number of hydrogen-bond acceptors (Lipinski definition) is 7. The van der Waals surface area contributed by atoms with Crippen molar-refractivity contribution in [2.45, 2.75) is 152 Å². The maximum absolute atomic E-state index is 12.5. The van der Waals surface area contributed by atoms with Crippen LogP contribution in [0.3, 0.4) is 0 Å². The number of ether oxygens (including phenoxy) is 4. The lowest BCUT2D eigenvalue weighted by Gasteiger charge is -2.18. The molecule has 0 aliphatic carbocycles. The van der Waals surface area contributed by atoms with Gasteiger partial charge in [-0.3, -0.25) is 0 Å². The van der Waals surface area contributed by atoms with Crippen LogP contribution >= 0.6 is 11.8 Å². The summed E-state index contributed by atoms with van der Waals surface area (Å²) >= 11 is 1.63. The second kappa shape index (κ2) is 24.5. The number of hydrogen-bond donors (Lipinski definition) is 0. The number of unbranched alkanes of at least 4 members (excludes halogenated alkanes) is 12. The molecular formula is C38H58O6S. The van der Waals surface area contributed by atoms with Crippen LogP contribution in [0.4, 0.5) is 0 Å². The number of carbonyl (C=O) groups is 2. The van der Waals surface area contributed by atoms with Crippen LogP contribution in [0.2, 0.25) is 0 Å². The van der Waals surface area contributed by atoms with Gasteiger partial charge >= 0.3 is 11.9 Å². The van der Waals surface area contributed by atoms with Gasteiger partial charge in [-0.1, -0.05) is 103 Å². The molecule has 0 aliphatic heterocycles. The first kappa shape index (κ1) is 38.5. The van der Waals surface area contributed by atoms with E-state index >= 15 is 0 Å². The molecule has 0 saturated carbocycles. The third kappa shape index (κ3) is 17.0. The molecule has 7 heteroatoms. The summed E-state index contributed by atoms with van der Waals surface area (Å²) in [7, 11) is 0. The van der Waals surface area contributed by atoms with Crippen LogP contribution in [0.25, 0.3) is 0 Å². The molecule has 0 aliphatic rings. The molecule has 2 aromatic carbocycles. The fourth-order valence-corrected chi connectivity index (χ4v) is 5.95. The topological polar surface area (TPSA) is 71.1 Å².